The molecule has 13 heavy (non-hydrogen) atoms. The Bertz CT molecular complexity index is 285. The molecule has 2 unspecified atom stereocenters. The van der Waals surface area contributed by atoms with Gasteiger partial charge in [-0.15, -0.1) is 0 Å². The van der Waals surface area contributed by atoms with Crippen molar-refractivity contribution in [2.24, 2.45) is 5.73 Å². The van der Waals surface area contributed by atoms with Crippen LogP contribution in [0.4, 0.5) is 4.39 Å². The Hall–Kier alpha value is -0.890. The van der Waals surface area contributed by atoms with Crippen LogP contribution in [0.15, 0.2) is 30.3 Å². The highest BCUT2D eigenvalue weighted by Gasteiger charge is 2.39. The summed E-state index contributed by atoms with van der Waals surface area (Å²) in [6.45, 7) is 0. The van der Waals surface area contributed by atoms with Crippen molar-refractivity contribution in [2.75, 3.05) is 0 Å². The Morgan fingerprint density at radius 1 is 1.31 bits per heavy atom. The van der Waals surface area contributed by atoms with E-state index < -0.39 is 5.67 Å². The van der Waals surface area contributed by atoms with Gasteiger partial charge in [0.1, 0.15) is 5.67 Å². The van der Waals surface area contributed by atoms with E-state index in [2.05, 4.69) is 0 Å². The van der Waals surface area contributed by atoms with Crippen LogP contribution in [0.1, 0.15) is 24.8 Å². The second-order valence-corrected chi connectivity index (χ2v) is 3.83. The zero-order chi connectivity index (χ0) is 9.31. The summed E-state index contributed by atoms with van der Waals surface area (Å²) >= 11 is 0. The zero-order valence-electron chi connectivity index (χ0n) is 7.54. The quantitative estimate of drug-likeness (QED) is 0.703. The molecular formula is C11H14FN. The van der Waals surface area contributed by atoms with Gasteiger partial charge >= 0.3 is 0 Å². The van der Waals surface area contributed by atoms with E-state index in [0.29, 0.717) is 12.8 Å². The molecule has 0 bridgehead atoms. The number of benzene rings is 1. The van der Waals surface area contributed by atoms with Gasteiger partial charge in [0.2, 0.25) is 0 Å². The summed E-state index contributed by atoms with van der Waals surface area (Å²) in [7, 11) is 0. The first kappa shape index (κ1) is 8.70. The van der Waals surface area contributed by atoms with Gasteiger partial charge in [0.05, 0.1) is 0 Å². The molecule has 0 aromatic heterocycles. The van der Waals surface area contributed by atoms with E-state index in [-0.39, 0.29) is 6.04 Å². The highest BCUT2D eigenvalue weighted by molar-refractivity contribution is 5.24. The molecule has 1 aromatic rings. The molecule has 0 saturated heterocycles. The van der Waals surface area contributed by atoms with Crippen LogP contribution in [0.3, 0.4) is 0 Å². The molecular weight excluding hydrogens is 165 g/mol. The largest absolute Gasteiger partial charge is 0.328 e. The molecule has 0 aliphatic heterocycles. The third-order valence-electron chi connectivity index (χ3n) is 2.79. The van der Waals surface area contributed by atoms with Crippen LogP contribution in [0, 0.1) is 0 Å². The topological polar surface area (TPSA) is 26.0 Å². The van der Waals surface area contributed by atoms with E-state index in [1.807, 2.05) is 30.3 Å². The number of hydrogen-bond acceptors (Lipinski definition) is 1. The van der Waals surface area contributed by atoms with Crippen LogP contribution in [-0.2, 0) is 5.67 Å². The molecule has 2 N–H and O–H groups in total. The van der Waals surface area contributed by atoms with Crippen molar-refractivity contribution in [1.29, 1.82) is 0 Å². The predicted molar refractivity (Wildman–Crippen MR) is 51.1 cm³/mol. The van der Waals surface area contributed by atoms with Gasteiger partial charge in [-0.2, -0.15) is 0 Å². The predicted octanol–water partition coefficient (Wildman–Crippen LogP) is 2.36. The second-order valence-electron chi connectivity index (χ2n) is 3.83. The maximum Gasteiger partial charge on any atom is 0.137 e. The van der Waals surface area contributed by atoms with Gasteiger partial charge in [-0.05, 0) is 18.4 Å². The van der Waals surface area contributed by atoms with E-state index in [1.54, 1.807) is 0 Å². The van der Waals surface area contributed by atoms with Crippen molar-refractivity contribution in [3.8, 4) is 0 Å². The number of hydrogen-bond donors (Lipinski definition) is 1. The number of nitrogens with two attached hydrogens (primary N) is 1. The van der Waals surface area contributed by atoms with E-state index in [9.17, 15) is 4.39 Å². The van der Waals surface area contributed by atoms with Crippen molar-refractivity contribution in [3.63, 3.8) is 0 Å². The normalized spacial score (nSPS) is 33.5. The summed E-state index contributed by atoms with van der Waals surface area (Å²) in [4.78, 5) is 0. The monoisotopic (exact) mass is 179 g/mol. The minimum absolute atomic E-state index is 0.0326. The van der Waals surface area contributed by atoms with E-state index >= 15 is 0 Å². The van der Waals surface area contributed by atoms with E-state index in [1.165, 1.54) is 0 Å². The van der Waals surface area contributed by atoms with Gasteiger partial charge in [0.25, 0.3) is 0 Å². The summed E-state index contributed by atoms with van der Waals surface area (Å²) in [5.74, 6) is 0. The fourth-order valence-corrected chi connectivity index (χ4v) is 2.03. The summed E-state index contributed by atoms with van der Waals surface area (Å²) in [5, 5.41) is 0. The van der Waals surface area contributed by atoms with Crippen LogP contribution in [0.25, 0.3) is 0 Å². The summed E-state index contributed by atoms with van der Waals surface area (Å²) in [5.41, 5.74) is 5.32. The molecule has 1 aliphatic carbocycles. The fraction of sp³-hybridized carbons (Fsp3) is 0.455. The van der Waals surface area contributed by atoms with Gasteiger partial charge in [0, 0.05) is 12.5 Å². The molecule has 0 amide bonds. The highest BCUT2D eigenvalue weighted by atomic mass is 19.1. The maximum absolute atomic E-state index is 14.2. The summed E-state index contributed by atoms with van der Waals surface area (Å²) in [6, 6.07) is 9.38. The minimum atomic E-state index is -1.17. The van der Waals surface area contributed by atoms with Crippen molar-refractivity contribution < 1.29 is 4.39 Å². The lowest BCUT2D eigenvalue weighted by Crippen LogP contribution is -2.21. The lowest BCUT2D eigenvalue weighted by atomic mass is 9.94. The van der Waals surface area contributed by atoms with Gasteiger partial charge in [-0.1, -0.05) is 30.3 Å². The molecule has 0 heterocycles. The maximum atomic E-state index is 14.2. The van der Waals surface area contributed by atoms with Crippen molar-refractivity contribution in [2.45, 2.75) is 31.0 Å². The van der Waals surface area contributed by atoms with Crippen LogP contribution >= 0.6 is 0 Å². The molecule has 1 fully saturated rings. The van der Waals surface area contributed by atoms with Gasteiger partial charge in [-0.25, -0.2) is 4.39 Å². The van der Waals surface area contributed by atoms with Crippen LogP contribution in [0.5, 0.6) is 0 Å². The molecule has 0 radical (unpaired) electrons. The molecule has 1 nitrogen and oxygen atoms in total. The first-order valence-electron chi connectivity index (χ1n) is 4.71. The third-order valence-corrected chi connectivity index (χ3v) is 2.79. The fourth-order valence-electron chi connectivity index (χ4n) is 2.03. The van der Waals surface area contributed by atoms with Crippen LogP contribution in [0.2, 0.25) is 0 Å². The average molecular weight is 179 g/mol. The number of halogens is 1. The van der Waals surface area contributed by atoms with E-state index in [4.69, 9.17) is 5.73 Å². The number of alkyl halides is 1. The van der Waals surface area contributed by atoms with Crippen molar-refractivity contribution in [1.82, 2.24) is 0 Å². The molecule has 1 aromatic carbocycles. The first-order valence-corrected chi connectivity index (χ1v) is 4.71. The van der Waals surface area contributed by atoms with Gasteiger partial charge < -0.3 is 5.73 Å². The van der Waals surface area contributed by atoms with Gasteiger partial charge in [-0.3, -0.25) is 0 Å². The highest BCUT2D eigenvalue weighted by Crippen LogP contribution is 2.41. The van der Waals surface area contributed by atoms with Crippen molar-refractivity contribution >= 4 is 0 Å². The molecule has 1 saturated carbocycles. The standard InChI is InChI=1S/C11H14FN/c12-11(7-6-10(13)8-11)9-4-2-1-3-5-9/h1-5,10H,6-8,13H2. The molecule has 0 spiro atoms. The Morgan fingerprint density at radius 2 is 2.00 bits per heavy atom. The Kier molecular flexibility index (Phi) is 2.08. The second kappa shape index (κ2) is 3.11. The zero-order valence-corrected chi connectivity index (χ0v) is 7.54. The number of rotatable bonds is 1. The minimum Gasteiger partial charge on any atom is -0.328 e. The van der Waals surface area contributed by atoms with Crippen LogP contribution in [-0.4, -0.2) is 6.04 Å². The lowest BCUT2D eigenvalue weighted by molar-refractivity contribution is 0.172. The summed E-state index contributed by atoms with van der Waals surface area (Å²) in [6.07, 6.45) is 1.83. The third kappa shape index (κ3) is 1.59. The SMILES string of the molecule is NC1CCC(F)(c2ccccc2)C1. The van der Waals surface area contributed by atoms with Crippen molar-refractivity contribution in [3.05, 3.63) is 35.9 Å². The molecule has 2 atom stereocenters. The molecule has 2 heteroatoms. The Balaban J connectivity index is 2.26. The van der Waals surface area contributed by atoms with E-state index in [0.717, 1.165) is 12.0 Å². The Morgan fingerprint density at radius 3 is 2.54 bits per heavy atom. The molecule has 70 valence electrons. The first-order chi connectivity index (χ1) is 6.21. The van der Waals surface area contributed by atoms with Crippen LogP contribution < -0.4 is 5.73 Å². The smallest absolute Gasteiger partial charge is 0.137 e. The lowest BCUT2D eigenvalue weighted by Gasteiger charge is -2.19. The Labute approximate surface area is 77.8 Å². The van der Waals surface area contributed by atoms with Gasteiger partial charge in [0.15, 0.2) is 0 Å². The summed E-state index contributed by atoms with van der Waals surface area (Å²) < 4.78 is 14.2. The molecule has 1 aliphatic rings. The average Bonchev–Trinajstić information content (AvgIpc) is 2.49. The molecule has 2 rings (SSSR count).